The first-order valence-corrected chi connectivity index (χ1v) is 9.22. The molecule has 0 radical (unpaired) electrons. The number of carbonyl (C=O) groups excluding carboxylic acids is 1. The average molecular weight is 367 g/mol. The lowest BCUT2D eigenvalue weighted by molar-refractivity contribution is -0.118. The van der Waals surface area contributed by atoms with Gasteiger partial charge < -0.3 is 15.6 Å². The van der Waals surface area contributed by atoms with Crippen molar-refractivity contribution in [1.29, 1.82) is 0 Å². The molecule has 0 fully saturated rings. The van der Waals surface area contributed by atoms with Gasteiger partial charge in [0.1, 0.15) is 5.65 Å². The van der Waals surface area contributed by atoms with Crippen LogP contribution in [0.2, 0.25) is 0 Å². The van der Waals surface area contributed by atoms with Crippen LogP contribution in [0.15, 0.2) is 41.3 Å². The highest BCUT2D eigenvalue weighted by atomic mass is 16.1. The van der Waals surface area contributed by atoms with Gasteiger partial charge in [0.15, 0.2) is 0 Å². The third kappa shape index (κ3) is 4.83. The molecular formula is C20H25N5O2. The Kier molecular flexibility index (Phi) is 6.03. The monoisotopic (exact) mass is 367 g/mol. The minimum absolute atomic E-state index is 0.000865. The Bertz CT molecular complexity index is 972. The van der Waals surface area contributed by atoms with E-state index in [4.69, 9.17) is 0 Å². The Labute approximate surface area is 157 Å². The van der Waals surface area contributed by atoms with Gasteiger partial charge in [-0.05, 0) is 43.1 Å². The van der Waals surface area contributed by atoms with Gasteiger partial charge in [0.05, 0.1) is 5.69 Å². The second-order valence-corrected chi connectivity index (χ2v) is 6.53. The van der Waals surface area contributed by atoms with Crippen LogP contribution in [0.3, 0.4) is 0 Å². The predicted octanol–water partition coefficient (Wildman–Crippen LogP) is 1.89. The van der Waals surface area contributed by atoms with Gasteiger partial charge in [-0.1, -0.05) is 19.1 Å². The first-order valence-electron chi connectivity index (χ1n) is 9.22. The third-order valence-electron chi connectivity index (χ3n) is 4.39. The lowest BCUT2D eigenvalue weighted by atomic mass is 10.2. The number of fused-ring (bicyclic) bond motifs is 1. The van der Waals surface area contributed by atoms with Crippen LogP contribution < -0.4 is 16.3 Å². The van der Waals surface area contributed by atoms with Gasteiger partial charge in [-0.2, -0.15) is 4.98 Å². The number of H-pyrrole nitrogens is 1. The van der Waals surface area contributed by atoms with Crippen molar-refractivity contribution < 1.29 is 4.79 Å². The van der Waals surface area contributed by atoms with E-state index in [1.807, 2.05) is 36.5 Å². The molecule has 0 atom stereocenters. The molecule has 142 valence electrons. The zero-order valence-corrected chi connectivity index (χ0v) is 15.7. The lowest BCUT2D eigenvalue weighted by Crippen LogP contribution is -2.25. The summed E-state index contributed by atoms with van der Waals surface area (Å²) in [6.45, 7) is 5.83. The topological polar surface area (TPSA) is 91.8 Å². The number of nitrogens with zero attached hydrogens (tertiary/aromatic N) is 2. The molecule has 0 aliphatic heterocycles. The zero-order valence-electron chi connectivity index (χ0n) is 15.7. The van der Waals surface area contributed by atoms with Gasteiger partial charge in [0.2, 0.25) is 5.91 Å². The number of aromatic amines is 1. The first-order chi connectivity index (χ1) is 13.1. The zero-order chi connectivity index (χ0) is 19.2. The van der Waals surface area contributed by atoms with Crippen molar-refractivity contribution in [2.24, 2.45) is 0 Å². The number of amides is 1. The van der Waals surface area contributed by atoms with Crippen LogP contribution in [0.1, 0.15) is 31.5 Å². The number of nitrogens with one attached hydrogen (secondary N) is 3. The maximum absolute atomic E-state index is 12.3. The molecule has 0 bridgehead atoms. The molecule has 3 N–H and O–H groups in total. The van der Waals surface area contributed by atoms with Crippen LogP contribution in [0.25, 0.3) is 16.7 Å². The minimum atomic E-state index is -0.296. The molecule has 7 heteroatoms. The SMILES string of the molecule is CCc1cc2cn(-c3ccc(CNCCCNC(C)=O)cc3)c(=O)nc2[nH]1. The summed E-state index contributed by atoms with van der Waals surface area (Å²) in [6.07, 6.45) is 3.59. The molecule has 3 aromatic rings. The summed E-state index contributed by atoms with van der Waals surface area (Å²) in [4.78, 5) is 30.4. The molecule has 0 spiro atoms. The summed E-state index contributed by atoms with van der Waals surface area (Å²) < 4.78 is 1.57. The predicted molar refractivity (Wildman–Crippen MR) is 106 cm³/mol. The van der Waals surface area contributed by atoms with E-state index in [2.05, 4.69) is 27.5 Å². The maximum atomic E-state index is 12.3. The molecule has 0 unspecified atom stereocenters. The number of carbonyl (C=O) groups is 1. The fourth-order valence-corrected chi connectivity index (χ4v) is 2.91. The average Bonchev–Trinajstić information content (AvgIpc) is 3.06. The van der Waals surface area contributed by atoms with Crippen molar-refractivity contribution >= 4 is 16.9 Å². The van der Waals surface area contributed by atoms with E-state index in [9.17, 15) is 9.59 Å². The van der Waals surface area contributed by atoms with Crippen LogP contribution in [0.4, 0.5) is 0 Å². The number of rotatable bonds is 8. The van der Waals surface area contributed by atoms with Gasteiger partial charge in [-0.3, -0.25) is 9.36 Å². The quantitative estimate of drug-likeness (QED) is 0.530. The molecule has 0 aliphatic rings. The number of aryl methyl sites for hydroxylation is 1. The van der Waals surface area contributed by atoms with Crippen molar-refractivity contribution in [3.8, 4) is 5.69 Å². The number of aromatic nitrogens is 3. The largest absolute Gasteiger partial charge is 0.356 e. The Morgan fingerprint density at radius 3 is 2.70 bits per heavy atom. The van der Waals surface area contributed by atoms with Crippen LogP contribution >= 0.6 is 0 Å². The van der Waals surface area contributed by atoms with Crippen molar-refractivity contribution in [2.75, 3.05) is 13.1 Å². The smallest absolute Gasteiger partial charge is 0.354 e. The highest BCUT2D eigenvalue weighted by molar-refractivity contribution is 5.75. The molecule has 2 aromatic heterocycles. The first kappa shape index (κ1) is 18.8. The molecule has 27 heavy (non-hydrogen) atoms. The highest BCUT2D eigenvalue weighted by Crippen LogP contribution is 2.14. The summed E-state index contributed by atoms with van der Waals surface area (Å²) in [5.74, 6) is -0.000865. The molecule has 2 heterocycles. The molecular weight excluding hydrogens is 342 g/mol. The Morgan fingerprint density at radius 1 is 1.22 bits per heavy atom. The Morgan fingerprint density at radius 2 is 2.00 bits per heavy atom. The Balaban J connectivity index is 1.63. The number of hydrogen-bond donors (Lipinski definition) is 3. The fourth-order valence-electron chi connectivity index (χ4n) is 2.91. The third-order valence-corrected chi connectivity index (χ3v) is 4.39. The van der Waals surface area contributed by atoms with Gasteiger partial charge in [-0.15, -0.1) is 0 Å². The number of hydrogen-bond acceptors (Lipinski definition) is 4. The summed E-state index contributed by atoms with van der Waals surface area (Å²) in [6, 6.07) is 9.88. The van der Waals surface area contributed by atoms with E-state index in [-0.39, 0.29) is 11.6 Å². The van der Waals surface area contributed by atoms with Crippen LogP contribution in [0.5, 0.6) is 0 Å². The molecule has 0 saturated carbocycles. The standard InChI is InChI=1S/C20H25N5O2/c1-3-17-11-16-13-25(20(27)24-19(16)23-17)18-7-5-15(6-8-18)12-21-9-4-10-22-14(2)26/h5-8,11,13,21H,3-4,9-10,12H2,1-2H3,(H,22,26)(H,23,24,27). The molecule has 3 rings (SSSR count). The summed E-state index contributed by atoms with van der Waals surface area (Å²) in [5, 5.41) is 7.04. The Hall–Kier alpha value is -2.93. The molecule has 0 saturated heterocycles. The van der Waals surface area contributed by atoms with Crippen LogP contribution in [-0.4, -0.2) is 33.5 Å². The maximum Gasteiger partial charge on any atom is 0.354 e. The minimum Gasteiger partial charge on any atom is -0.356 e. The van der Waals surface area contributed by atoms with Gasteiger partial charge in [-0.25, -0.2) is 4.79 Å². The van der Waals surface area contributed by atoms with E-state index in [0.717, 1.165) is 48.3 Å². The van der Waals surface area contributed by atoms with Crippen LogP contribution in [0, 0.1) is 0 Å². The summed E-state index contributed by atoms with van der Waals surface area (Å²) in [5.41, 5.74) is 3.33. The highest BCUT2D eigenvalue weighted by Gasteiger charge is 2.07. The van der Waals surface area contributed by atoms with Crippen molar-refractivity contribution in [3.63, 3.8) is 0 Å². The second kappa shape index (κ2) is 8.64. The van der Waals surface area contributed by atoms with Crippen molar-refractivity contribution in [2.45, 2.75) is 33.2 Å². The van der Waals surface area contributed by atoms with Crippen molar-refractivity contribution in [1.82, 2.24) is 25.2 Å². The summed E-state index contributed by atoms with van der Waals surface area (Å²) in [7, 11) is 0. The van der Waals surface area contributed by atoms with E-state index >= 15 is 0 Å². The number of benzene rings is 1. The normalized spacial score (nSPS) is 11.0. The van der Waals surface area contributed by atoms with E-state index in [1.54, 1.807) is 4.57 Å². The molecule has 0 aliphatic carbocycles. The fraction of sp³-hybridized carbons (Fsp3) is 0.350. The van der Waals surface area contributed by atoms with E-state index in [1.165, 1.54) is 6.92 Å². The molecule has 1 amide bonds. The van der Waals surface area contributed by atoms with Gasteiger partial charge in [0.25, 0.3) is 0 Å². The second-order valence-electron chi connectivity index (χ2n) is 6.53. The molecule has 1 aromatic carbocycles. The van der Waals surface area contributed by atoms with E-state index < -0.39 is 0 Å². The lowest BCUT2D eigenvalue weighted by Gasteiger charge is -2.08. The van der Waals surface area contributed by atoms with Crippen molar-refractivity contribution in [3.05, 3.63) is 58.3 Å². The van der Waals surface area contributed by atoms with Gasteiger partial charge >= 0.3 is 5.69 Å². The molecule has 7 nitrogen and oxygen atoms in total. The van der Waals surface area contributed by atoms with Crippen LogP contribution in [-0.2, 0) is 17.8 Å². The summed E-state index contributed by atoms with van der Waals surface area (Å²) >= 11 is 0. The van der Waals surface area contributed by atoms with Gasteiger partial charge in [0, 0.05) is 37.3 Å². The van der Waals surface area contributed by atoms with E-state index in [0.29, 0.717) is 12.2 Å².